The van der Waals surface area contributed by atoms with E-state index in [0.29, 0.717) is 6.07 Å². The van der Waals surface area contributed by atoms with Crippen LogP contribution in [0.1, 0.15) is 12.8 Å². The van der Waals surface area contributed by atoms with Crippen LogP contribution in [-0.2, 0) is 4.79 Å². The highest BCUT2D eigenvalue weighted by molar-refractivity contribution is 5.95. The predicted molar refractivity (Wildman–Crippen MR) is 65.6 cm³/mol. The Bertz CT molecular complexity index is 524. The number of carbonyl (C=O) groups is 1. The predicted octanol–water partition coefficient (Wildman–Crippen LogP) is 2.83. The van der Waals surface area contributed by atoms with Gasteiger partial charge in [-0.1, -0.05) is 0 Å². The lowest BCUT2D eigenvalue weighted by atomic mass is 9.94. The van der Waals surface area contributed by atoms with E-state index in [1.54, 1.807) is 0 Å². The molecule has 0 radical (unpaired) electrons. The second-order valence-corrected chi connectivity index (χ2v) is 4.89. The van der Waals surface area contributed by atoms with Gasteiger partial charge in [-0.05, 0) is 25.0 Å². The fourth-order valence-electron chi connectivity index (χ4n) is 2.17. The number of nitrogens with one attached hydrogen (secondary N) is 2. The molecule has 2 unspecified atom stereocenters. The number of carbonyl (C=O) groups excluding carboxylic acids is 1. The summed E-state index contributed by atoms with van der Waals surface area (Å²) in [5.41, 5.74) is -0.207. The molecule has 21 heavy (non-hydrogen) atoms. The van der Waals surface area contributed by atoms with Gasteiger partial charge in [0.25, 0.3) is 0 Å². The van der Waals surface area contributed by atoms with E-state index < -0.39 is 35.7 Å². The third-order valence-corrected chi connectivity index (χ3v) is 3.38. The molecule has 2 rings (SSSR count). The Morgan fingerprint density at radius 1 is 1.24 bits per heavy atom. The number of alkyl halides is 3. The average Bonchev–Trinajstić information content (AvgIpc) is 2.41. The summed E-state index contributed by atoms with van der Waals surface area (Å²) in [7, 11) is 0. The number of amides is 1. The molecule has 0 saturated carbocycles. The molecule has 1 saturated heterocycles. The van der Waals surface area contributed by atoms with Crippen LogP contribution >= 0.6 is 0 Å². The van der Waals surface area contributed by atoms with Crippen LogP contribution in [0.25, 0.3) is 0 Å². The molecule has 0 spiro atoms. The Kier molecular flexibility index (Phi) is 4.46. The molecule has 1 aliphatic rings. The number of rotatable bonds is 2. The monoisotopic (exact) mass is 308 g/mol. The van der Waals surface area contributed by atoms with E-state index in [0.717, 1.165) is 12.1 Å². The van der Waals surface area contributed by atoms with Crippen molar-refractivity contribution in [2.24, 2.45) is 5.92 Å². The van der Waals surface area contributed by atoms with Crippen LogP contribution in [0.15, 0.2) is 18.2 Å². The molecule has 1 aliphatic heterocycles. The van der Waals surface area contributed by atoms with E-state index in [1.807, 2.05) is 0 Å². The molecule has 1 amide bonds. The maximum absolute atomic E-state index is 13.4. The third-order valence-electron chi connectivity index (χ3n) is 3.38. The zero-order chi connectivity index (χ0) is 15.6. The first-order valence-electron chi connectivity index (χ1n) is 6.33. The van der Waals surface area contributed by atoms with Crippen molar-refractivity contribution in [2.45, 2.75) is 25.1 Å². The van der Waals surface area contributed by atoms with Gasteiger partial charge >= 0.3 is 6.18 Å². The fourth-order valence-corrected chi connectivity index (χ4v) is 2.17. The molecule has 0 aliphatic carbocycles. The first kappa shape index (κ1) is 15.7. The summed E-state index contributed by atoms with van der Waals surface area (Å²) in [6, 6.07) is 1.83. The second kappa shape index (κ2) is 5.97. The molecule has 1 aromatic rings. The van der Waals surface area contributed by atoms with Crippen molar-refractivity contribution in [2.75, 3.05) is 11.9 Å². The molecule has 2 atom stereocenters. The van der Waals surface area contributed by atoms with E-state index in [9.17, 15) is 26.7 Å². The molecule has 116 valence electrons. The normalized spacial score (nSPS) is 22.9. The molecular weight excluding hydrogens is 295 g/mol. The fraction of sp³-hybridized carbons (Fsp3) is 0.462. The second-order valence-electron chi connectivity index (χ2n) is 4.89. The van der Waals surface area contributed by atoms with Crippen molar-refractivity contribution in [1.29, 1.82) is 0 Å². The van der Waals surface area contributed by atoms with Crippen molar-refractivity contribution >= 4 is 11.6 Å². The van der Waals surface area contributed by atoms with Crippen LogP contribution in [0.2, 0.25) is 0 Å². The minimum atomic E-state index is -4.29. The van der Waals surface area contributed by atoms with Gasteiger partial charge in [0.05, 0.1) is 17.6 Å². The molecule has 1 heterocycles. The zero-order valence-electron chi connectivity index (χ0n) is 10.8. The Morgan fingerprint density at radius 3 is 2.48 bits per heavy atom. The van der Waals surface area contributed by atoms with Crippen molar-refractivity contribution < 1.29 is 26.7 Å². The summed E-state index contributed by atoms with van der Waals surface area (Å²) < 4.78 is 63.5. The summed E-state index contributed by atoms with van der Waals surface area (Å²) in [6.45, 7) is -0.354. The molecule has 8 heteroatoms. The smallest absolute Gasteiger partial charge is 0.322 e. The Hall–Kier alpha value is -1.70. The largest absolute Gasteiger partial charge is 0.393 e. The Labute approximate surface area is 117 Å². The summed E-state index contributed by atoms with van der Waals surface area (Å²) in [4.78, 5) is 11.8. The first-order valence-corrected chi connectivity index (χ1v) is 6.33. The molecule has 1 fully saturated rings. The molecule has 3 nitrogen and oxygen atoms in total. The SMILES string of the molecule is O=C(Nc1ccc(F)cc1F)C1CCC(C(F)(F)F)CN1. The minimum absolute atomic E-state index is 0.00117. The summed E-state index contributed by atoms with van der Waals surface area (Å²) in [5.74, 6) is -3.84. The van der Waals surface area contributed by atoms with Crippen LogP contribution in [0.4, 0.5) is 27.6 Å². The van der Waals surface area contributed by atoms with E-state index >= 15 is 0 Å². The summed E-state index contributed by atoms with van der Waals surface area (Å²) >= 11 is 0. The number of hydrogen-bond donors (Lipinski definition) is 2. The van der Waals surface area contributed by atoms with Crippen LogP contribution < -0.4 is 10.6 Å². The van der Waals surface area contributed by atoms with Gasteiger partial charge in [0.15, 0.2) is 0 Å². The van der Waals surface area contributed by atoms with Gasteiger partial charge in [-0.3, -0.25) is 4.79 Å². The quantitative estimate of drug-likeness (QED) is 0.825. The highest BCUT2D eigenvalue weighted by atomic mass is 19.4. The standard InChI is InChI=1S/C13H13F5N2O/c14-8-2-4-10(9(15)5-8)20-12(21)11-3-1-7(6-19-11)13(16,17)18/h2,4-5,7,11,19H,1,3,6H2,(H,20,21). The van der Waals surface area contributed by atoms with Crippen molar-refractivity contribution in [3.63, 3.8) is 0 Å². The van der Waals surface area contributed by atoms with Gasteiger partial charge in [0.1, 0.15) is 11.6 Å². The summed E-state index contributed by atoms with van der Waals surface area (Å²) in [5, 5.41) is 4.73. The van der Waals surface area contributed by atoms with Crippen LogP contribution in [-0.4, -0.2) is 24.7 Å². The number of anilines is 1. The number of hydrogen-bond acceptors (Lipinski definition) is 2. The molecular formula is C13H13F5N2O. The molecule has 1 aromatic carbocycles. The van der Waals surface area contributed by atoms with Gasteiger partial charge in [-0.25, -0.2) is 8.78 Å². The number of benzene rings is 1. The third kappa shape index (κ3) is 3.90. The zero-order valence-corrected chi connectivity index (χ0v) is 10.8. The van der Waals surface area contributed by atoms with E-state index in [4.69, 9.17) is 0 Å². The van der Waals surface area contributed by atoms with Gasteiger partial charge in [0.2, 0.25) is 5.91 Å². The van der Waals surface area contributed by atoms with E-state index in [-0.39, 0.29) is 25.1 Å². The van der Waals surface area contributed by atoms with Gasteiger partial charge in [0, 0.05) is 12.6 Å². The van der Waals surface area contributed by atoms with Crippen LogP contribution in [0, 0.1) is 17.6 Å². The number of halogens is 5. The van der Waals surface area contributed by atoms with E-state index in [2.05, 4.69) is 10.6 Å². The van der Waals surface area contributed by atoms with Crippen molar-refractivity contribution in [3.8, 4) is 0 Å². The lowest BCUT2D eigenvalue weighted by Crippen LogP contribution is -2.49. The summed E-state index contributed by atoms with van der Waals surface area (Å²) in [6.07, 6.45) is -4.46. The van der Waals surface area contributed by atoms with Crippen LogP contribution in [0.3, 0.4) is 0 Å². The van der Waals surface area contributed by atoms with E-state index in [1.165, 1.54) is 0 Å². The van der Waals surface area contributed by atoms with Gasteiger partial charge < -0.3 is 10.6 Å². The van der Waals surface area contributed by atoms with Crippen molar-refractivity contribution in [1.82, 2.24) is 5.32 Å². The molecule has 0 aromatic heterocycles. The van der Waals surface area contributed by atoms with Crippen LogP contribution in [0.5, 0.6) is 0 Å². The Balaban J connectivity index is 1.93. The Morgan fingerprint density at radius 2 is 1.95 bits per heavy atom. The highest BCUT2D eigenvalue weighted by Gasteiger charge is 2.42. The lowest BCUT2D eigenvalue weighted by Gasteiger charge is -2.30. The first-order chi connectivity index (χ1) is 9.77. The minimum Gasteiger partial charge on any atom is -0.322 e. The maximum atomic E-state index is 13.4. The number of piperidine rings is 1. The lowest BCUT2D eigenvalue weighted by molar-refractivity contribution is -0.180. The highest BCUT2D eigenvalue weighted by Crippen LogP contribution is 2.32. The molecule has 0 bridgehead atoms. The topological polar surface area (TPSA) is 41.1 Å². The molecule has 2 N–H and O–H groups in total. The average molecular weight is 308 g/mol. The van der Waals surface area contributed by atoms with Gasteiger partial charge in [-0.15, -0.1) is 0 Å². The van der Waals surface area contributed by atoms with Gasteiger partial charge in [-0.2, -0.15) is 13.2 Å². The maximum Gasteiger partial charge on any atom is 0.393 e. The van der Waals surface area contributed by atoms with Crippen molar-refractivity contribution in [3.05, 3.63) is 29.8 Å².